The van der Waals surface area contributed by atoms with Crippen LogP contribution < -0.4 is 5.56 Å². The molecule has 0 aliphatic heterocycles. The van der Waals surface area contributed by atoms with E-state index in [9.17, 15) is 9.59 Å². The Kier molecular flexibility index (Phi) is 5.10. The topological polar surface area (TPSA) is 74.3 Å². The van der Waals surface area contributed by atoms with E-state index in [1.165, 1.54) is 29.3 Å². The van der Waals surface area contributed by atoms with Gasteiger partial charge in [-0.3, -0.25) is 9.36 Å². The fraction of sp³-hybridized carbons (Fsp3) is 0.421. The Morgan fingerprint density at radius 3 is 3.04 bits per heavy atom. The summed E-state index contributed by atoms with van der Waals surface area (Å²) in [6, 6.07) is 3.35. The molecule has 0 radical (unpaired) electrons. The summed E-state index contributed by atoms with van der Waals surface area (Å²) in [6.07, 6.45) is 4.02. The van der Waals surface area contributed by atoms with E-state index in [0.717, 1.165) is 35.9 Å². The molecule has 0 N–H and O–H groups in total. The van der Waals surface area contributed by atoms with E-state index in [2.05, 4.69) is 11.7 Å². The van der Waals surface area contributed by atoms with E-state index < -0.39 is 5.97 Å². The van der Waals surface area contributed by atoms with Crippen LogP contribution in [-0.4, -0.2) is 22.6 Å². The van der Waals surface area contributed by atoms with E-state index in [1.807, 2.05) is 0 Å². The highest BCUT2D eigenvalue weighted by Gasteiger charge is 2.23. The molecule has 0 saturated heterocycles. The van der Waals surface area contributed by atoms with E-state index in [4.69, 9.17) is 9.40 Å². The normalized spacial score (nSPS) is 13.3. The highest BCUT2D eigenvalue weighted by atomic mass is 32.2. The maximum absolute atomic E-state index is 13.1. The average molecular weight is 405 g/mol. The van der Waals surface area contributed by atoms with Crippen LogP contribution in [0.1, 0.15) is 46.5 Å². The summed E-state index contributed by atoms with van der Waals surface area (Å²) in [7, 11) is 1.32. The third kappa shape index (κ3) is 3.32. The summed E-state index contributed by atoms with van der Waals surface area (Å²) in [5, 5.41) is 1.52. The van der Waals surface area contributed by atoms with Gasteiger partial charge < -0.3 is 9.15 Å². The van der Waals surface area contributed by atoms with Gasteiger partial charge >= 0.3 is 5.97 Å². The van der Waals surface area contributed by atoms with Crippen LogP contribution >= 0.6 is 23.1 Å². The number of esters is 1. The minimum atomic E-state index is -0.498. The van der Waals surface area contributed by atoms with Gasteiger partial charge in [0.05, 0.1) is 18.2 Å². The SMILES string of the molecule is CCCn1c(SCc2ccc(C(=O)OC)o2)nc2sc3c(c2c1=O)CCC3. The molecule has 0 aromatic carbocycles. The van der Waals surface area contributed by atoms with Crippen molar-refractivity contribution in [2.45, 2.75) is 50.1 Å². The molecule has 1 aliphatic rings. The second-order valence-electron chi connectivity index (χ2n) is 6.43. The molecule has 0 amide bonds. The smallest absolute Gasteiger partial charge is 0.373 e. The van der Waals surface area contributed by atoms with Gasteiger partial charge in [0.2, 0.25) is 5.76 Å². The quantitative estimate of drug-likeness (QED) is 0.351. The zero-order valence-corrected chi connectivity index (χ0v) is 16.9. The number of ether oxygens (including phenoxy) is 1. The van der Waals surface area contributed by atoms with Gasteiger partial charge in [0, 0.05) is 11.4 Å². The summed E-state index contributed by atoms with van der Waals surface area (Å²) in [4.78, 5) is 31.6. The first-order valence-corrected chi connectivity index (χ1v) is 10.8. The molecule has 6 nitrogen and oxygen atoms in total. The van der Waals surface area contributed by atoms with Gasteiger partial charge in [-0.05, 0) is 43.4 Å². The van der Waals surface area contributed by atoms with Crippen molar-refractivity contribution < 1.29 is 13.9 Å². The number of methoxy groups -OCH3 is 1. The van der Waals surface area contributed by atoms with Crippen LogP contribution in [0.2, 0.25) is 0 Å². The van der Waals surface area contributed by atoms with Crippen LogP contribution in [0.3, 0.4) is 0 Å². The first kappa shape index (κ1) is 18.3. The number of hydrogen-bond donors (Lipinski definition) is 0. The largest absolute Gasteiger partial charge is 0.463 e. The standard InChI is InChI=1S/C19H20N2O4S2/c1-3-9-21-17(22)15-12-5-4-6-14(12)27-16(15)20-19(21)26-10-11-7-8-13(25-11)18(23)24-2/h7-8H,3-6,9-10H2,1-2H3. The van der Waals surface area contributed by atoms with Gasteiger partial charge in [-0.25, -0.2) is 9.78 Å². The van der Waals surface area contributed by atoms with Gasteiger partial charge in [-0.2, -0.15) is 0 Å². The van der Waals surface area contributed by atoms with Crippen LogP contribution in [0.5, 0.6) is 0 Å². The first-order valence-electron chi connectivity index (χ1n) is 8.97. The van der Waals surface area contributed by atoms with E-state index in [0.29, 0.717) is 23.2 Å². The number of carbonyl (C=O) groups is 1. The van der Waals surface area contributed by atoms with Crippen LogP contribution in [-0.2, 0) is 29.9 Å². The number of rotatable bonds is 6. The zero-order chi connectivity index (χ0) is 19.0. The molecule has 27 heavy (non-hydrogen) atoms. The summed E-state index contributed by atoms with van der Waals surface area (Å²) < 4.78 is 12.0. The van der Waals surface area contributed by atoms with Gasteiger partial charge in [0.15, 0.2) is 5.16 Å². The Morgan fingerprint density at radius 2 is 2.26 bits per heavy atom. The molecule has 3 heterocycles. The third-order valence-corrected chi connectivity index (χ3v) is 6.81. The van der Waals surface area contributed by atoms with Crippen molar-refractivity contribution in [1.82, 2.24) is 9.55 Å². The number of nitrogens with zero attached hydrogens (tertiary/aromatic N) is 2. The molecule has 0 atom stereocenters. The van der Waals surface area contributed by atoms with E-state index in [1.54, 1.807) is 28.0 Å². The summed E-state index contributed by atoms with van der Waals surface area (Å²) in [5.41, 5.74) is 1.28. The number of hydrogen-bond acceptors (Lipinski definition) is 7. The summed E-state index contributed by atoms with van der Waals surface area (Å²) in [6.45, 7) is 2.69. The lowest BCUT2D eigenvalue weighted by Crippen LogP contribution is -2.23. The van der Waals surface area contributed by atoms with Crippen molar-refractivity contribution in [3.05, 3.63) is 44.4 Å². The molecule has 0 unspecified atom stereocenters. The highest BCUT2D eigenvalue weighted by Crippen LogP contribution is 2.36. The summed E-state index contributed by atoms with van der Waals surface area (Å²) in [5.74, 6) is 0.814. The molecule has 4 rings (SSSR count). The maximum atomic E-state index is 13.1. The third-order valence-electron chi connectivity index (χ3n) is 4.63. The van der Waals surface area contributed by atoms with Crippen molar-refractivity contribution in [2.24, 2.45) is 0 Å². The Morgan fingerprint density at radius 1 is 1.41 bits per heavy atom. The number of thioether (sulfide) groups is 1. The van der Waals surface area contributed by atoms with Gasteiger partial charge in [-0.15, -0.1) is 11.3 Å². The molecule has 0 bridgehead atoms. The van der Waals surface area contributed by atoms with Crippen LogP contribution in [0.4, 0.5) is 0 Å². The Labute approximate surface area is 164 Å². The Hall–Kier alpha value is -2.06. The minimum absolute atomic E-state index is 0.0680. The zero-order valence-electron chi connectivity index (χ0n) is 15.2. The van der Waals surface area contributed by atoms with Crippen molar-refractivity contribution in [1.29, 1.82) is 0 Å². The van der Waals surface area contributed by atoms with Crippen molar-refractivity contribution in [2.75, 3.05) is 7.11 Å². The Bertz CT molecular complexity index is 1060. The van der Waals surface area contributed by atoms with Crippen LogP contribution in [0.25, 0.3) is 10.2 Å². The maximum Gasteiger partial charge on any atom is 0.373 e. The highest BCUT2D eigenvalue weighted by molar-refractivity contribution is 7.98. The van der Waals surface area contributed by atoms with E-state index >= 15 is 0 Å². The first-order chi connectivity index (χ1) is 13.1. The van der Waals surface area contributed by atoms with Crippen molar-refractivity contribution >= 4 is 39.3 Å². The van der Waals surface area contributed by atoms with Crippen molar-refractivity contribution in [3.8, 4) is 0 Å². The molecule has 0 fully saturated rings. The minimum Gasteiger partial charge on any atom is -0.463 e. The second kappa shape index (κ2) is 7.52. The molecule has 8 heteroatoms. The lowest BCUT2D eigenvalue weighted by molar-refractivity contribution is 0.0563. The molecule has 3 aromatic heterocycles. The fourth-order valence-electron chi connectivity index (χ4n) is 3.39. The monoisotopic (exact) mass is 404 g/mol. The molecule has 1 aliphatic carbocycles. The molecule has 0 spiro atoms. The number of furan rings is 1. The van der Waals surface area contributed by atoms with Crippen LogP contribution in [0.15, 0.2) is 26.5 Å². The predicted octanol–water partition coefficient (Wildman–Crippen LogP) is 4.03. The molecular formula is C19H20N2O4S2. The van der Waals surface area contributed by atoms with Gasteiger partial charge in [-0.1, -0.05) is 18.7 Å². The number of aryl methyl sites for hydroxylation is 2. The predicted molar refractivity (Wildman–Crippen MR) is 106 cm³/mol. The number of aromatic nitrogens is 2. The fourth-order valence-corrected chi connectivity index (χ4v) is 5.61. The van der Waals surface area contributed by atoms with Crippen LogP contribution in [0, 0.1) is 0 Å². The second-order valence-corrected chi connectivity index (χ2v) is 8.46. The van der Waals surface area contributed by atoms with Gasteiger partial charge in [0.1, 0.15) is 10.6 Å². The number of fused-ring (bicyclic) bond motifs is 3. The molecule has 142 valence electrons. The van der Waals surface area contributed by atoms with Gasteiger partial charge in [0.25, 0.3) is 5.56 Å². The lowest BCUT2D eigenvalue weighted by Gasteiger charge is -2.10. The average Bonchev–Trinajstić information content (AvgIpc) is 3.37. The molecule has 0 saturated carbocycles. The molecular weight excluding hydrogens is 384 g/mol. The summed E-state index contributed by atoms with van der Waals surface area (Å²) >= 11 is 3.11. The number of thiophene rings is 1. The lowest BCUT2D eigenvalue weighted by atomic mass is 10.2. The number of carbonyl (C=O) groups excluding carboxylic acids is 1. The molecule has 3 aromatic rings. The van der Waals surface area contributed by atoms with E-state index in [-0.39, 0.29) is 11.3 Å². The van der Waals surface area contributed by atoms with Crippen molar-refractivity contribution in [3.63, 3.8) is 0 Å². The Balaban J connectivity index is 1.66.